The van der Waals surface area contributed by atoms with Crippen LogP contribution < -0.4 is 9.64 Å². The molecule has 1 N–H and O–H groups in total. The summed E-state index contributed by atoms with van der Waals surface area (Å²) in [5.41, 5.74) is 0.989. The van der Waals surface area contributed by atoms with Crippen molar-refractivity contribution in [2.24, 2.45) is 11.8 Å². The second kappa shape index (κ2) is 6.83. The number of hydrogen-bond acceptors (Lipinski definition) is 7. The van der Waals surface area contributed by atoms with Gasteiger partial charge in [0.15, 0.2) is 11.6 Å². The van der Waals surface area contributed by atoms with Crippen LogP contribution in [0.1, 0.15) is 41.8 Å². The first-order valence-electron chi connectivity index (χ1n) is 9.15. The van der Waals surface area contributed by atoms with Crippen LogP contribution in [0.3, 0.4) is 0 Å². The smallest absolute Gasteiger partial charge is 0.221 e. The molecule has 26 heavy (non-hydrogen) atoms. The van der Waals surface area contributed by atoms with Gasteiger partial charge in [0.1, 0.15) is 18.2 Å². The average Bonchev–Trinajstić information content (AvgIpc) is 3.21. The second-order valence-electron chi connectivity index (χ2n) is 7.31. The molecule has 0 radical (unpaired) electrons. The molecule has 1 saturated carbocycles. The highest BCUT2D eigenvalue weighted by Crippen LogP contribution is 2.48. The molecular formula is C18H26N6O2. The Morgan fingerprint density at radius 3 is 2.62 bits per heavy atom. The van der Waals surface area contributed by atoms with Crippen molar-refractivity contribution in [3.05, 3.63) is 23.0 Å². The van der Waals surface area contributed by atoms with E-state index in [1.165, 1.54) is 12.8 Å². The first-order valence-corrected chi connectivity index (χ1v) is 9.15. The predicted molar refractivity (Wildman–Crippen MR) is 96.3 cm³/mol. The summed E-state index contributed by atoms with van der Waals surface area (Å²) in [6.07, 6.45) is 2.60. The Labute approximate surface area is 153 Å². The minimum absolute atomic E-state index is 0.310. The number of hydrogen-bond donors (Lipinski definition) is 1. The van der Waals surface area contributed by atoms with Gasteiger partial charge >= 0.3 is 0 Å². The predicted octanol–water partition coefficient (Wildman–Crippen LogP) is 2.00. The van der Waals surface area contributed by atoms with E-state index < -0.39 is 0 Å². The molecule has 2 aromatic rings. The lowest BCUT2D eigenvalue weighted by Crippen LogP contribution is -2.23. The van der Waals surface area contributed by atoms with Gasteiger partial charge in [0.25, 0.3) is 0 Å². The minimum Gasteiger partial charge on any atom is -0.481 e. The van der Waals surface area contributed by atoms with Crippen LogP contribution in [0.5, 0.6) is 5.88 Å². The molecule has 8 nitrogen and oxygen atoms in total. The van der Waals surface area contributed by atoms with Crippen molar-refractivity contribution in [1.29, 1.82) is 0 Å². The van der Waals surface area contributed by atoms with E-state index >= 15 is 0 Å². The molecule has 0 spiro atoms. The van der Waals surface area contributed by atoms with Crippen LogP contribution in [-0.2, 0) is 11.3 Å². The number of rotatable bonds is 6. The van der Waals surface area contributed by atoms with Crippen LogP contribution >= 0.6 is 0 Å². The molecule has 0 bridgehead atoms. The van der Waals surface area contributed by atoms with Crippen molar-refractivity contribution >= 4 is 5.82 Å². The molecule has 4 rings (SSSR count). The summed E-state index contributed by atoms with van der Waals surface area (Å²) in [6.45, 7) is 6.23. The molecule has 140 valence electrons. The Morgan fingerprint density at radius 1 is 1.12 bits per heavy atom. The van der Waals surface area contributed by atoms with E-state index in [2.05, 4.69) is 25.1 Å². The molecule has 2 aromatic heterocycles. The molecule has 2 fully saturated rings. The molecule has 1 aliphatic heterocycles. The van der Waals surface area contributed by atoms with Gasteiger partial charge in [0.05, 0.1) is 12.7 Å². The van der Waals surface area contributed by atoms with Crippen molar-refractivity contribution in [3.63, 3.8) is 0 Å². The molecule has 1 aliphatic carbocycles. The van der Waals surface area contributed by atoms with E-state index in [4.69, 9.17) is 14.5 Å². The van der Waals surface area contributed by atoms with E-state index in [1.54, 1.807) is 14.2 Å². The normalized spacial score (nSPS) is 22.8. The summed E-state index contributed by atoms with van der Waals surface area (Å²) in [7, 11) is 3.32. The maximum Gasteiger partial charge on any atom is 0.221 e. The quantitative estimate of drug-likeness (QED) is 0.845. The fraction of sp³-hybridized carbons (Fsp3) is 0.667. The summed E-state index contributed by atoms with van der Waals surface area (Å²) < 4.78 is 10.6. The second-order valence-corrected chi connectivity index (χ2v) is 7.31. The van der Waals surface area contributed by atoms with Crippen LogP contribution in [-0.4, -0.2) is 52.5 Å². The Hall–Kier alpha value is -2.22. The Bertz CT molecular complexity index is 788. The zero-order chi connectivity index (χ0) is 18.3. The lowest BCUT2D eigenvalue weighted by Gasteiger charge is -2.21. The highest BCUT2D eigenvalue weighted by Gasteiger charge is 2.45. The van der Waals surface area contributed by atoms with Gasteiger partial charge in [-0.1, -0.05) is 0 Å². The van der Waals surface area contributed by atoms with E-state index in [0.717, 1.165) is 47.9 Å². The number of nitrogens with one attached hydrogen (secondary N) is 1. The van der Waals surface area contributed by atoms with Crippen molar-refractivity contribution in [1.82, 2.24) is 25.1 Å². The van der Waals surface area contributed by atoms with Gasteiger partial charge < -0.3 is 14.4 Å². The number of H-pyrrole nitrogens is 1. The number of aryl methyl sites for hydroxylation is 1. The molecule has 8 heteroatoms. The minimum atomic E-state index is 0.310. The molecule has 0 unspecified atom stereocenters. The largest absolute Gasteiger partial charge is 0.481 e. The van der Waals surface area contributed by atoms with Crippen molar-refractivity contribution in [3.8, 4) is 5.88 Å². The number of aromatic amines is 1. The summed E-state index contributed by atoms with van der Waals surface area (Å²) in [5, 5.41) is 7.49. The van der Waals surface area contributed by atoms with Gasteiger partial charge in [0, 0.05) is 26.1 Å². The van der Waals surface area contributed by atoms with Crippen LogP contribution in [0.15, 0.2) is 0 Å². The molecule has 2 atom stereocenters. The fourth-order valence-corrected chi connectivity index (χ4v) is 4.05. The summed E-state index contributed by atoms with van der Waals surface area (Å²) >= 11 is 0. The van der Waals surface area contributed by atoms with Gasteiger partial charge in [0.2, 0.25) is 5.88 Å². The molecule has 2 aliphatic rings. The number of aromatic nitrogens is 5. The number of ether oxygens (including phenoxy) is 2. The Morgan fingerprint density at radius 2 is 1.92 bits per heavy atom. The fourth-order valence-electron chi connectivity index (χ4n) is 4.05. The standard InChI is InChI=1S/C18H26N6O2/c1-10-17(19-11(2)20-18(10)26-4)24-7-13(12-5-6-12)14(8-24)16-21-15(9-25-3)22-23-16/h12-14H,5-9H2,1-4H3,(H,21,22,23)/t13-,14+/m1/s1. The van der Waals surface area contributed by atoms with Crippen molar-refractivity contribution in [2.45, 2.75) is 39.2 Å². The maximum absolute atomic E-state index is 5.43. The van der Waals surface area contributed by atoms with E-state index in [1.807, 2.05) is 13.8 Å². The summed E-state index contributed by atoms with van der Waals surface area (Å²) in [5.74, 6) is 5.66. The highest BCUT2D eigenvalue weighted by molar-refractivity contribution is 5.52. The zero-order valence-electron chi connectivity index (χ0n) is 15.8. The van der Waals surface area contributed by atoms with Gasteiger partial charge in [-0.25, -0.2) is 9.97 Å². The summed E-state index contributed by atoms with van der Waals surface area (Å²) in [6, 6.07) is 0. The lowest BCUT2D eigenvalue weighted by molar-refractivity contribution is 0.178. The molecule has 0 amide bonds. The zero-order valence-corrected chi connectivity index (χ0v) is 15.8. The number of anilines is 1. The van der Waals surface area contributed by atoms with Crippen molar-refractivity contribution < 1.29 is 9.47 Å². The van der Waals surface area contributed by atoms with E-state index in [-0.39, 0.29) is 0 Å². The lowest BCUT2D eigenvalue weighted by atomic mass is 9.91. The SMILES string of the molecule is COCc1nc([C@H]2CN(c3nc(C)nc(OC)c3C)C[C@@H]2C2CC2)n[nH]1. The van der Waals surface area contributed by atoms with Crippen molar-refractivity contribution in [2.75, 3.05) is 32.2 Å². The monoisotopic (exact) mass is 358 g/mol. The first kappa shape index (κ1) is 17.2. The Balaban J connectivity index is 1.63. The van der Waals surface area contributed by atoms with Crippen LogP contribution in [0.25, 0.3) is 0 Å². The van der Waals surface area contributed by atoms with Crippen LogP contribution in [0.2, 0.25) is 0 Å². The molecular weight excluding hydrogens is 332 g/mol. The third kappa shape index (κ3) is 3.13. The van der Waals surface area contributed by atoms with Crippen LogP contribution in [0.4, 0.5) is 5.82 Å². The molecule has 0 aromatic carbocycles. The molecule has 1 saturated heterocycles. The first-order chi connectivity index (χ1) is 12.6. The van der Waals surface area contributed by atoms with E-state index in [9.17, 15) is 0 Å². The third-order valence-corrected chi connectivity index (χ3v) is 5.43. The maximum atomic E-state index is 5.43. The van der Waals surface area contributed by atoms with E-state index in [0.29, 0.717) is 24.3 Å². The van der Waals surface area contributed by atoms with Gasteiger partial charge in [-0.05, 0) is 38.5 Å². The summed E-state index contributed by atoms with van der Waals surface area (Å²) in [4.78, 5) is 16.1. The number of methoxy groups -OCH3 is 2. The van der Waals surface area contributed by atoms with Gasteiger partial charge in [-0.15, -0.1) is 0 Å². The number of nitrogens with zero attached hydrogens (tertiary/aromatic N) is 5. The molecule has 3 heterocycles. The third-order valence-electron chi connectivity index (χ3n) is 5.43. The highest BCUT2D eigenvalue weighted by atomic mass is 16.5. The topological polar surface area (TPSA) is 89.1 Å². The van der Waals surface area contributed by atoms with Gasteiger partial charge in [-0.3, -0.25) is 5.10 Å². The Kier molecular flexibility index (Phi) is 4.52. The average molecular weight is 358 g/mol. The van der Waals surface area contributed by atoms with Gasteiger partial charge in [-0.2, -0.15) is 10.1 Å². The van der Waals surface area contributed by atoms with Crippen LogP contribution in [0, 0.1) is 25.7 Å².